The summed E-state index contributed by atoms with van der Waals surface area (Å²) < 4.78 is 5.88. The summed E-state index contributed by atoms with van der Waals surface area (Å²) >= 11 is 0. The van der Waals surface area contributed by atoms with Crippen LogP contribution in [0.4, 0.5) is 5.69 Å². The highest BCUT2D eigenvalue weighted by Crippen LogP contribution is 2.24. The van der Waals surface area contributed by atoms with E-state index in [2.05, 4.69) is 49.9 Å². The molecule has 2 rings (SSSR count). The summed E-state index contributed by atoms with van der Waals surface area (Å²) in [6.45, 7) is 8.36. The number of anilines is 1. The molecule has 0 atom stereocenters. The summed E-state index contributed by atoms with van der Waals surface area (Å²) in [5, 5.41) is 0. The van der Waals surface area contributed by atoms with E-state index >= 15 is 0 Å². The van der Waals surface area contributed by atoms with Gasteiger partial charge in [-0.3, -0.25) is 0 Å². The average Bonchev–Trinajstić information content (AvgIpc) is 2.11. The van der Waals surface area contributed by atoms with E-state index in [0.29, 0.717) is 6.10 Å². The molecule has 1 aromatic rings. The van der Waals surface area contributed by atoms with Crippen LogP contribution in [0.25, 0.3) is 0 Å². The Hall–Kier alpha value is -1.02. The van der Waals surface area contributed by atoms with Crippen molar-refractivity contribution in [1.29, 1.82) is 0 Å². The summed E-state index contributed by atoms with van der Waals surface area (Å²) in [7, 11) is 0. The molecule has 2 nitrogen and oxygen atoms in total. The first-order valence-electron chi connectivity index (χ1n) is 5.52. The molecule has 1 saturated heterocycles. The predicted octanol–water partition coefficient (Wildman–Crippen LogP) is 2.69. The van der Waals surface area contributed by atoms with Gasteiger partial charge in [0.2, 0.25) is 0 Å². The minimum atomic E-state index is -0.0204. The predicted molar refractivity (Wildman–Crippen MR) is 63.3 cm³/mol. The Morgan fingerprint density at radius 1 is 1.13 bits per heavy atom. The van der Waals surface area contributed by atoms with Crippen molar-refractivity contribution in [2.24, 2.45) is 0 Å². The standard InChI is InChI=1S/C13H19NO/c1-13(2,3)15-12-9-14(10-12)11-7-5-4-6-8-11/h4-8,12H,9-10H2,1-3H3. The molecule has 0 saturated carbocycles. The highest BCUT2D eigenvalue weighted by molar-refractivity contribution is 5.48. The molecular formula is C13H19NO. The van der Waals surface area contributed by atoms with Gasteiger partial charge in [0, 0.05) is 18.8 Å². The second-order valence-electron chi connectivity index (χ2n) is 5.09. The van der Waals surface area contributed by atoms with Gasteiger partial charge in [-0.2, -0.15) is 0 Å². The number of para-hydroxylation sites is 1. The Morgan fingerprint density at radius 2 is 1.73 bits per heavy atom. The first kappa shape index (κ1) is 10.5. The molecule has 1 heterocycles. The van der Waals surface area contributed by atoms with Crippen molar-refractivity contribution < 1.29 is 4.74 Å². The molecule has 0 aromatic heterocycles. The zero-order valence-electron chi connectivity index (χ0n) is 9.73. The van der Waals surface area contributed by atoms with Crippen molar-refractivity contribution in [2.45, 2.75) is 32.5 Å². The normalized spacial score (nSPS) is 17.7. The number of hydrogen-bond donors (Lipinski definition) is 0. The molecule has 0 amide bonds. The fourth-order valence-corrected chi connectivity index (χ4v) is 1.86. The Bertz CT molecular complexity index is 309. The van der Waals surface area contributed by atoms with E-state index in [9.17, 15) is 0 Å². The van der Waals surface area contributed by atoms with Gasteiger partial charge in [0.05, 0.1) is 11.7 Å². The minimum Gasteiger partial charge on any atom is -0.369 e. The van der Waals surface area contributed by atoms with Crippen LogP contribution in [-0.2, 0) is 4.74 Å². The molecule has 1 aliphatic rings. The molecule has 1 aromatic carbocycles. The summed E-state index contributed by atoms with van der Waals surface area (Å²) in [5.41, 5.74) is 1.28. The lowest BCUT2D eigenvalue weighted by Crippen LogP contribution is -2.54. The van der Waals surface area contributed by atoms with E-state index in [4.69, 9.17) is 4.74 Å². The average molecular weight is 205 g/mol. The number of nitrogens with zero attached hydrogens (tertiary/aromatic N) is 1. The van der Waals surface area contributed by atoms with Gasteiger partial charge in [-0.1, -0.05) is 18.2 Å². The van der Waals surface area contributed by atoms with Gasteiger partial charge < -0.3 is 9.64 Å². The third-order valence-corrected chi connectivity index (χ3v) is 2.49. The second-order valence-corrected chi connectivity index (χ2v) is 5.09. The van der Waals surface area contributed by atoms with E-state index in [1.165, 1.54) is 5.69 Å². The highest BCUT2D eigenvalue weighted by Gasteiger charge is 2.30. The fraction of sp³-hybridized carbons (Fsp3) is 0.538. The van der Waals surface area contributed by atoms with Crippen molar-refractivity contribution in [3.63, 3.8) is 0 Å². The lowest BCUT2D eigenvalue weighted by Gasteiger charge is -2.43. The van der Waals surface area contributed by atoms with Crippen molar-refractivity contribution >= 4 is 5.69 Å². The lowest BCUT2D eigenvalue weighted by atomic mass is 10.1. The van der Waals surface area contributed by atoms with Crippen LogP contribution in [0.1, 0.15) is 20.8 Å². The van der Waals surface area contributed by atoms with Crippen LogP contribution in [0, 0.1) is 0 Å². The topological polar surface area (TPSA) is 12.5 Å². The van der Waals surface area contributed by atoms with Gasteiger partial charge in [-0.05, 0) is 32.9 Å². The molecule has 0 bridgehead atoms. The van der Waals surface area contributed by atoms with Gasteiger partial charge in [0.15, 0.2) is 0 Å². The SMILES string of the molecule is CC(C)(C)OC1CN(c2ccccc2)C1. The lowest BCUT2D eigenvalue weighted by molar-refractivity contribution is -0.0701. The largest absolute Gasteiger partial charge is 0.369 e. The van der Waals surface area contributed by atoms with E-state index in [0.717, 1.165) is 13.1 Å². The van der Waals surface area contributed by atoms with Gasteiger partial charge in [0.25, 0.3) is 0 Å². The Labute approximate surface area is 91.9 Å². The van der Waals surface area contributed by atoms with E-state index in [1.54, 1.807) is 0 Å². The number of hydrogen-bond acceptors (Lipinski definition) is 2. The second kappa shape index (κ2) is 3.86. The molecule has 82 valence electrons. The zero-order chi connectivity index (χ0) is 10.9. The molecule has 0 N–H and O–H groups in total. The van der Waals surface area contributed by atoms with E-state index in [-0.39, 0.29) is 5.60 Å². The van der Waals surface area contributed by atoms with Crippen LogP contribution in [0.5, 0.6) is 0 Å². The maximum Gasteiger partial charge on any atom is 0.0931 e. The maximum absolute atomic E-state index is 5.88. The molecule has 1 fully saturated rings. The molecule has 1 aliphatic heterocycles. The molecule has 0 aliphatic carbocycles. The van der Waals surface area contributed by atoms with Crippen LogP contribution in [0.15, 0.2) is 30.3 Å². The van der Waals surface area contributed by atoms with Crippen molar-refractivity contribution in [3.05, 3.63) is 30.3 Å². The van der Waals surface area contributed by atoms with Crippen molar-refractivity contribution in [1.82, 2.24) is 0 Å². The van der Waals surface area contributed by atoms with Crippen LogP contribution in [0.3, 0.4) is 0 Å². The molecule has 2 heteroatoms. The summed E-state index contributed by atoms with van der Waals surface area (Å²) in [6, 6.07) is 10.5. The minimum absolute atomic E-state index is 0.0204. The van der Waals surface area contributed by atoms with Gasteiger partial charge >= 0.3 is 0 Å². The van der Waals surface area contributed by atoms with Crippen LogP contribution in [0.2, 0.25) is 0 Å². The van der Waals surface area contributed by atoms with E-state index in [1.807, 2.05) is 6.07 Å². The molecule has 0 radical (unpaired) electrons. The molecule has 0 spiro atoms. The first-order valence-corrected chi connectivity index (χ1v) is 5.52. The molecule has 0 unspecified atom stereocenters. The van der Waals surface area contributed by atoms with Gasteiger partial charge in [-0.15, -0.1) is 0 Å². The number of ether oxygens (including phenoxy) is 1. The third-order valence-electron chi connectivity index (χ3n) is 2.49. The highest BCUT2D eigenvalue weighted by atomic mass is 16.5. The third kappa shape index (κ3) is 2.72. The first-order chi connectivity index (χ1) is 7.04. The van der Waals surface area contributed by atoms with E-state index < -0.39 is 0 Å². The Balaban J connectivity index is 1.84. The zero-order valence-corrected chi connectivity index (χ0v) is 9.73. The monoisotopic (exact) mass is 205 g/mol. The number of benzene rings is 1. The van der Waals surface area contributed by atoms with Crippen LogP contribution >= 0.6 is 0 Å². The molecular weight excluding hydrogens is 186 g/mol. The van der Waals surface area contributed by atoms with Gasteiger partial charge in [0.1, 0.15) is 0 Å². The molecule has 15 heavy (non-hydrogen) atoms. The van der Waals surface area contributed by atoms with Crippen molar-refractivity contribution in [2.75, 3.05) is 18.0 Å². The number of rotatable bonds is 2. The van der Waals surface area contributed by atoms with Gasteiger partial charge in [-0.25, -0.2) is 0 Å². The Kier molecular flexibility index (Phi) is 2.70. The fourth-order valence-electron chi connectivity index (χ4n) is 1.86. The smallest absolute Gasteiger partial charge is 0.0931 e. The van der Waals surface area contributed by atoms with Crippen LogP contribution < -0.4 is 4.90 Å². The summed E-state index contributed by atoms with van der Waals surface area (Å²) in [4.78, 5) is 2.34. The van der Waals surface area contributed by atoms with Crippen molar-refractivity contribution in [3.8, 4) is 0 Å². The van der Waals surface area contributed by atoms with Crippen LogP contribution in [-0.4, -0.2) is 24.8 Å². The summed E-state index contributed by atoms with van der Waals surface area (Å²) in [6.07, 6.45) is 0.394. The quantitative estimate of drug-likeness (QED) is 0.736. The Morgan fingerprint density at radius 3 is 2.27 bits per heavy atom. The summed E-state index contributed by atoms with van der Waals surface area (Å²) in [5.74, 6) is 0. The maximum atomic E-state index is 5.88.